The van der Waals surface area contributed by atoms with E-state index in [1.807, 2.05) is 23.1 Å². The fourth-order valence-electron chi connectivity index (χ4n) is 3.86. The minimum atomic E-state index is -0.404. The lowest BCUT2D eigenvalue weighted by molar-refractivity contribution is -0.136. The summed E-state index contributed by atoms with van der Waals surface area (Å²) < 4.78 is 16.2. The lowest BCUT2D eigenvalue weighted by atomic mass is 9.91. The molecule has 2 aliphatic rings. The molecule has 9 heteroatoms. The number of rotatable bonds is 6. The van der Waals surface area contributed by atoms with Gasteiger partial charge in [0.2, 0.25) is 5.91 Å². The monoisotopic (exact) mass is 449 g/mol. The van der Waals surface area contributed by atoms with Gasteiger partial charge in [-0.3, -0.25) is 9.69 Å². The molecule has 166 valence electrons. The van der Waals surface area contributed by atoms with E-state index in [-0.39, 0.29) is 36.6 Å². The number of hydrogen-bond donors (Lipinski definition) is 1. The Hall–Kier alpha value is -1.25. The van der Waals surface area contributed by atoms with E-state index in [0.717, 1.165) is 49.5 Å². The zero-order chi connectivity index (χ0) is 19.2. The summed E-state index contributed by atoms with van der Waals surface area (Å²) in [6, 6.07) is 5.44. The van der Waals surface area contributed by atoms with Crippen LogP contribution in [0.15, 0.2) is 18.2 Å². The minimum Gasteiger partial charge on any atom is -0.497 e. The summed E-state index contributed by atoms with van der Waals surface area (Å²) in [6.07, 6.45) is 1.75. The zero-order valence-electron chi connectivity index (χ0n) is 17.2. The highest BCUT2D eigenvalue weighted by molar-refractivity contribution is 5.85. The first kappa shape index (κ1) is 25.8. The molecule has 1 aromatic rings. The number of carbonyl (C=O) groups excluding carboxylic acids is 1. The number of amides is 1. The predicted molar refractivity (Wildman–Crippen MR) is 117 cm³/mol. The molecule has 0 bridgehead atoms. The van der Waals surface area contributed by atoms with Gasteiger partial charge in [-0.05, 0) is 37.0 Å². The number of piperazine rings is 1. The Morgan fingerprint density at radius 2 is 1.79 bits per heavy atom. The second-order valence-corrected chi connectivity index (χ2v) is 7.25. The molecule has 0 radical (unpaired) electrons. The van der Waals surface area contributed by atoms with Gasteiger partial charge < -0.3 is 24.8 Å². The Morgan fingerprint density at radius 1 is 1.14 bits per heavy atom. The number of methoxy groups -OCH3 is 2. The summed E-state index contributed by atoms with van der Waals surface area (Å²) in [5, 5.41) is 0. The van der Waals surface area contributed by atoms with Crippen molar-refractivity contribution in [3.8, 4) is 11.5 Å². The van der Waals surface area contributed by atoms with Crippen molar-refractivity contribution in [3.05, 3.63) is 23.8 Å². The van der Waals surface area contributed by atoms with Crippen molar-refractivity contribution in [2.75, 3.05) is 53.6 Å². The van der Waals surface area contributed by atoms with E-state index in [9.17, 15) is 4.79 Å². The van der Waals surface area contributed by atoms with Crippen LogP contribution in [0.25, 0.3) is 0 Å². The Morgan fingerprint density at radius 3 is 2.38 bits per heavy atom. The van der Waals surface area contributed by atoms with Crippen LogP contribution in [0.5, 0.6) is 11.5 Å². The van der Waals surface area contributed by atoms with E-state index >= 15 is 0 Å². The molecule has 1 unspecified atom stereocenters. The van der Waals surface area contributed by atoms with Crippen LogP contribution in [0.3, 0.4) is 0 Å². The summed E-state index contributed by atoms with van der Waals surface area (Å²) in [4.78, 5) is 17.0. The number of halogens is 2. The molecule has 0 saturated carbocycles. The smallest absolute Gasteiger partial charge is 0.239 e. The van der Waals surface area contributed by atoms with Gasteiger partial charge in [-0.15, -0.1) is 24.8 Å². The Bertz CT molecular complexity index is 636. The second-order valence-electron chi connectivity index (χ2n) is 7.25. The molecule has 2 N–H and O–H groups in total. The standard InChI is InChI=1S/C20H31N3O4.2ClH/c1-25-17-3-4-18(26-2)16(13-17)14-22-7-9-23(10-8-22)20(24)19(21)15-5-11-27-12-6-15;;/h3-4,13,15,19H,5-12,14,21H2,1-2H3;2*1H. The lowest BCUT2D eigenvalue weighted by Crippen LogP contribution is -2.55. The van der Waals surface area contributed by atoms with E-state index < -0.39 is 6.04 Å². The van der Waals surface area contributed by atoms with Gasteiger partial charge in [-0.1, -0.05) is 0 Å². The Kier molecular flexibility index (Phi) is 11.1. The van der Waals surface area contributed by atoms with Crippen LogP contribution in [0.4, 0.5) is 0 Å². The summed E-state index contributed by atoms with van der Waals surface area (Å²) in [5.41, 5.74) is 7.35. The SMILES string of the molecule is COc1ccc(OC)c(CN2CCN(C(=O)C(N)C3CCOCC3)CC2)c1.Cl.Cl. The van der Waals surface area contributed by atoms with Gasteiger partial charge in [0.05, 0.1) is 20.3 Å². The number of nitrogens with zero attached hydrogens (tertiary/aromatic N) is 2. The van der Waals surface area contributed by atoms with Crippen LogP contribution >= 0.6 is 24.8 Å². The van der Waals surface area contributed by atoms with Crippen molar-refractivity contribution < 1.29 is 19.0 Å². The summed E-state index contributed by atoms with van der Waals surface area (Å²) in [5.74, 6) is 2.00. The van der Waals surface area contributed by atoms with Crippen LogP contribution in [0.2, 0.25) is 0 Å². The predicted octanol–water partition coefficient (Wildman–Crippen LogP) is 1.95. The van der Waals surface area contributed by atoms with E-state index in [1.165, 1.54) is 0 Å². The molecule has 0 aromatic heterocycles. The first-order valence-corrected chi connectivity index (χ1v) is 9.67. The van der Waals surface area contributed by atoms with Gasteiger partial charge in [0.1, 0.15) is 11.5 Å². The Labute approximate surface area is 185 Å². The van der Waals surface area contributed by atoms with Crippen molar-refractivity contribution in [1.82, 2.24) is 9.80 Å². The van der Waals surface area contributed by atoms with Gasteiger partial charge in [-0.2, -0.15) is 0 Å². The molecular weight excluding hydrogens is 417 g/mol. The summed E-state index contributed by atoms with van der Waals surface area (Å²) >= 11 is 0. The quantitative estimate of drug-likeness (QED) is 0.714. The second kappa shape index (κ2) is 12.4. The number of hydrogen-bond acceptors (Lipinski definition) is 6. The van der Waals surface area contributed by atoms with E-state index in [2.05, 4.69) is 4.90 Å². The van der Waals surface area contributed by atoms with Crippen LogP contribution in [-0.4, -0.2) is 75.4 Å². The van der Waals surface area contributed by atoms with Crippen molar-refractivity contribution in [1.29, 1.82) is 0 Å². The molecule has 1 amide bonds. The maximum atomic E-state index is 12.8. The van der Waals surface area contributed by atoms with Crippen LogP contribution in [0.1, 0.15) is 18.4 Å². The summed E-state index contributed by atoms with van der Waals surface area (Å²) in [6.45, 7) is 5.27. The zero-order valence-corrected chi connectivity index (χ0v) is 18.8. The van der Waals surface area contributed by atoms with E-state index in [4.69, 9.17) is 19.9 Å². The molecule has 2 aliphatic heterocycles. The number of carbonyl (C=O) groups is 1. The van der Waals surface area contributed by atoms with Crippen molar-refractivity contribution >= 4 is 30.7 Å². The van der Waals surface area contributed by atoms with E-state index in [0.29, 0.717) is 26.3 Å². The number of nitrogens with two attached hydrogens (primary N) is 1. The molecule has 1 atom stereocenters. The van der Waals surface area contributed by atoms with Gasteiger partial charge in [-0.25, -0.2) is 0 Å². The van der Waals surface area contributed by atoms with Crippen molar-refractivity contribution in [2.24, 2.45) is 11.7 Å². The molecule has 7 nitrogen and oxygen atoms in total. The third kappa shape index (κ3) is 6.62. The third-order valence-electron chi connectivity index (χ3n) is 5.62. The average Bonchev–Trinajstić information content (AvgIpc) is 2.73. The molecular formula is C20H33Cl2N3O4. The molecule has 2 saturated heterocycles. The third-order valence-corrected chi connectivity index (χ3v) is 5.62. The number of ether oxygens (including phenoxy) is 3. The maximum absolute atomic E-state index is 12.8. The maximum Gasteiger partial charge on any atom is 0.239 e. The van der Waals surface area contributed by atoms with Crippen LogP contribution in [-0.2, 0) is 16.1 Å². The van der Waals surface area contributed by atoms with Gasteiger partial charge >= 0.3 is 0 Å². The average molecular weight is 450 g/mol. The molecule has 2 heterocycles. The highest BCUT2D eigenvalue weighted by atomic mass is 35.5. The lowest BCUT2D eigenvalue weighted by Gasteiger charge is -2.37. The van der Waals surface area contributed by atoms with Gasteiger partial charge in [0.25, 0.3) is 0 Å². The largest absolute Gasteiger partial charge is 0.497 e. The topological polar surface area (TPSA) is 77.3 Å². The summed E-state index contributed by atoms with van der Waals surface area (Å²) in [7, 11) is 3.34. The van der Waals surface area contributed by atoms with E-state index in [1.54, 1.807) is 14.2 Å². The minimum absolute atomic E-state index is 0. The molecule has 0 aliphatic carbocycles. The van der Waals surface area contributed by atoms with Crippen molar-refractivity contribution in [2.45, 2.75) is 25.4 Å². The first-order valence-electron chi connectivity index (χ1n) is 9.67. The highest BCUT2D eigenvalue weighted by Crippen LogP contribution is 2.26. The Balaban J connectivity index is 0.00000210. The molecule has 29 heavy (non-hydrogen) atoms. The fraction of sp³-hybridized carbons (Fsp3) is 0.650. The molecule has 3 rings (SSSR count). The van der Waals surface area contributed by atoms with Gasteiger partial charge in [0.15, 0.2) is 0 Å². The number of benzene rings is 1. The normalized spacial score (nSPS) is 18.9. The van der Waals surface area contributed by atoms with Crippen LogP contribution < -0.4 is 15.2 Å². The molecule has 1 aromatic carbocycles. The first-order chi connectivity index (χ1) is 13.1. The highest BCUT2D eigenvalue weighted by Gasteiger charge is 2.31. The van der Waals surface area contributed by atoms with Gasteiger partial charge in [0, 0.05) is 51.5 Å². The molecule has 0 spiro atoms. The molecule has 2 fully saturated rings. The fourth-order valence-corrected chi connectivity index (χ4v) is 3.86. The van der Waals surface area contributed by atoms with Crippen molar-refractivity contribution in [3.63, 3.8) is 0 Å². The van der Waals surface area contributed by atoms with Crippen LogP contribution in [0, 0.1) is 5.92 Å².